The van der Waals surface area contributed by atoms with E-state index in [0.29, 0.717) is 16.9 Å². The van der Waals surface area contributed by atoms with E-state index in [-0.39, 0.29) is 11.0 Å². The van der Waals surface area contributed by atoms with Crippen molar-refractivity contribution in [3.63, 3.8) is 0 Å². The van der Waals surface area contributed by atoms with E-state index in [2.05, 4.69) is 33.9 Å². The summed E-state index contributed by atoms with van der Waals surface area (Å²) in [5, 5.41) is 0.281. The van der Waals surface area contributed by atoms with Gasteiger partial charge in [0.1, 0.15) is 0 Å². The van der Waals surface area contributed by atoms with E-state index in [1.165, 1.54) is 0 Å². The molecule has 0 aromatic rings. The number of hydrogen-bond acceptors (Lipinski definition) is 3. The number of hydrogen-bond donors (Lipinski definition) is 0. The highest BCUT2D eigenvalue weighted by atomic mass is 28.4. The molecule has 0 heterocycles. The highest BCUT2D eigenvalue weighted by molar-refractivity contribution is 6.74. The van der Waals surface area contributed by atoms with Crippen LogP contribution in [0.25, 0.3) is 0 Å². The average molecular weight is 277 g/mol. The Hall–Kier alpha value is -0.136. The Labute approximate surface area is 110 Å². The first kappa shape index (κ1) is 16.9. The van der Waals surface area contributed by atoms with Crippen LogP contribution >= 0.6 is 0 Å². The van der Waals surface area contributed by atoms with E-state index in [1.807, 2.05) is 0 Å². The van der Waals surface area contributed by atoms with Crippen molar-refractivity contribution >= 4 is 24.8 Å². The van der Waals surface area contributed by atoms with Crippen molar-refractivity contribution in [1.82, 2.24) is 0 Å². The van der Waals surface area contributed by atoms with E-state index in [9.17, 15) is 4.79 Å². The van der Waals surface area contributed by atoms with E-state index >= 15 is 0 Å². The molecule has 0 aromatic heterocycles. The van der Waals surface area contributed by atoms with Gasteiger partial charge in [0, 0.05) is 13.0 Å². The molecule has 0 unspecified atom stereocenters. The summed E-state index contributed by atoms with van der Waals surface area (Å²) in [6.45, 7) is 12.1. The third kappa shape index (κ3) is 7.00. The SMILES string of the molecule is CC(C)(C)[Si](C)(C)OCCCCCC(=O)O[SiH3]. The van der Waals surface area contributed by atoms with E-state index in [1.54, 1.807) is 0 Å². The van der Waals surface area contributed by atoms with E-state index in [0.717, 1.165) is 25.9 Å². The van der Waals surface area contributed by atoms with Crippen LogP contribution in [0.5, 0.6) is 0 Å². The summed E-state index contributed by atoms with van der Waals surface area (Å²) in [4.78, 5) is 10.9. The zero-order valence-electron chi connectivity index (χ0n) is 12.3. The number of unbranched alkanes of at least 4 members (excludes halogenated alkanes) is 2. The lowest BCUT2D eigenvalue weighted by molar-refractivity contribution is -0.134. The minimum atomic E-state index is -1.58. The zero-order chi connectivity index (χ0) is 13.5. The summed E-state index contributed by atoms with van der Waals surface area (Å²) in [6, 6.07) is 0. The molecular weight excluding hydrogens is 248 g/mol. The molecule has 0 rings (SSSR count). The Morgan fingerprint density at radius 3 is 2.24 bits per heavy atom. The second kappa shape index (κ2) is 7.33. The standard InChI is InChI=1S/C12H28O3Si2/c1-12(2,3)17(4,5)14-10-8-6-7-9-11(13)15-16/h6-10H2,1-5,16H3. The second-order valence-electron chi connectivity index (χ2n) is 6.00. The smallest absolute Gasteiger partial charge is 0.291 e. The van der Waals surface area contributed by atoms with Gasteiger partial charge in [0.25, 0.3) is 5.97 Å². The maximum atomic E-state index is 10.9. The van der Waals surface area contributed by atoms with Crippen molar-refractivity contribution in [3.8, 4) is 0 Å². The molecule has 0 amide bonds. The Morgan fingerprint density at radius 1 is 1.18 bits per heavy atom. The summed E-state index contributed by atoms with van der Waals surface area (Å²) >= 11 is 0. The van der Waals surface area contributed by atoms with Crippen molar-refractivity contribution in [1.29, 1.82) is 0 Å². The molecule has 0 saturated heterocycles. The summed E-state index contributed by atoms with van der Waals surface area (Å²) in [6.07, 6.45) is 3.57. The lowest BCUT2D eigenvalue weighted by atomic mass is 10.2. The van der Waals surface area contributed by atoms with Crippen LogP contribution in [-0.2, 0) is 13.6 Å². The van der Waals surface area contributed by atoms with E-state index < -0.39 is 8.32 Å². The van der Waals surface area contributed by atoms with Crippen molar-refractivity contribution in [2.75, 3.05) is 6.61 Å². The van der Waals surface area contributed by atoms with Crippen LogP contribution in [0, 0.1) is 0 Å². The summed E-state index contributed by atoms with van der Waals surface area (Å²) in [7, 11) is -1.07. The number of carbonyl (C=O) groups excluding carboxylic acids is 1. The van der Waals surface area contributed by atoms with Crippen LogP contribution in [0.15, 0.2) is 0 Å². The first-order valence-electron chi connectivity index (χ1n) is 6.41. The van der Waals surface area contributed by atoms with Crippen LogP contribution in [0.1, 0.15) is 46.5 Å². The third-order valence-corrected chi connectivity index (χ3v) is 8.52. The first-order chi connectivity index (χ1) is 7.70. The van der Waals surface area contributed by atoms with Gasteiger partial charge >= 0.3 is 0 Å². The number of carbonyl (C=O) groups is 1. The van der Waals surface area contributed by atoms with Gasteiger partial charge in [-0.05, 0) is 31.0 Å². The van der Waals surface area contributed by atoms with Gasteiger partial charge in [-0.25, -0.2) is 0 Å². The maximum absolute atomic E-state index is 10.9. The topological polar surface area (TPSA) is 35.5 Å². The molecule has 0 saturated carbocycles. The van der Waals surface area contributed by atoms with Gasteiger partial charge in [-0.15, -0.1) is 0 Å². The highest BCUT2D eigenvalue weighted by Crippen LogP contribution is 2.36. The van der Waals surface area contributed by atoms with Crippen LogP contribution < -0.4 is 0 Å². The van der Waals surface area contributed by atoms with Crippen LogP contribution in [0.3, 0.4) is 0 Å². The fourth-order valence-corrected chi connectivity index (χ4v) is 2.49. The quantitative estimate of drug-likeness (QED) is 0.529. The molecular formula is C12H28O3Si2. The molecule has 0 aliphatic rings. The predicted molar refractivity (Wildman–Crippen MR) is 77.6 cm³/mol. The lowest BCUT2D eigenvalue weighted by Crippen LogP contribution is -2.40. The molecule has 102 valence electrons. The Morgan fingerprint density at radius 2 is 1.76 bits per heavy atom. The van der Waals surface area contributed by atoms with Gasteiger partial charge in [0.05, 0.1) is 0 Å². The van der Waals surface area contributed by atoms with Crippen molar-refractivity contribution in [2.24, 2.45) is 0 Å². The molecule has 5 heteroatoms. The van der Waals surface area contributed by atoms with Gasteiger partial charge < -0.3 is 8.85 Å². The highest BCUT2D eigenvalue weighted by Gasteiger charge is 2.36. The molecule has 3 nitrogen and oxygen atoms in total. The first-order valence-corrected chi connectivity index (χ1v) is 10.1. The molecule has 0 spiro atoms. The van der Waals surface area contributed by atoms with Gasteiger partial charge in [0.15, 0.2) is 8.32 Å². The molecule has 0 radical (unpaired) electrons. The van der Waals surface area contributed by atoms with Crippen LogP contribution in [0.4, 0.5) is 0 Å². The summed E-state index contributed by atoms with van der Waals surface area (Å²) < 4.78 is 10.8. The van der Waals surface area contributed by atoms with Crippen LogP contribution in [-0.4, -0.2) is 31.4 Å². The molecule has 0 aliphatic carbocycles. The van der Waals surface area contributed by atoms with Gasteiger partial charge in [0.2, 0.25) is 10.5 Å². The third-order valence-electron chi connectivity index (χ3n) is 3.52. The normalized spacial score (nSPS) is 12.8. The lowest BCUT2D eigenvalue weighted by Gasteiger charge is -2.36. The maximum Gasteiger partial charge on any atom is 0.291 e. The summed E-state index contributed by atoms with van der Waals surface area (Å²) in [5.41, 5.74) is 0. The molecule has 0 bridgehead atoms. The van der Waals surface area contributed by atoms with Gasteiger partial charge in [-0.2, -0.15) is 0 Å². The molecule has 0 aliphatic heterocycles. The minimum Gasteiger partial charge on any atom is -0.529 e. The fraction of sp³-hybridized carbons (Fsp3) is 0.917. The van der Waals surface area contributed by atoms with Gasteiger partial charge in [-0.3, -0.25) is 4.79 Å². The monoisotopic (exact) mass is 276 g/mol. The molecule has 0 atom stereocenters. The largest absolute Gasteiger partial charge is 0.529 e. The van der Waals surface area contributed by atoms with Crippen molar-refractivity contribution < 1.29 is 13.6 Å². The summed E-state index contributed by atoms with van der Waals surface area (Å²) in [5.74, 6) is -0.0537. The molecule has 17 heavy (non-hydrogen) atoms. The minimum absolute atomic E-state index is 0.0537. The van der Waals surface area contributed by atoms with Crippen molar-refractivity contribution in [2.45, 2.75) is 64.6 Å². The Balaban J connectivity index is 3.62. The van der Waals surface area contributed by atoms with Crippen molar-refractivity contribution in [3.05, 3.63) is 0 Å². The molecule has 0 N–H and O–H groups in total. The second-order valence-corrected chi connectivity index (χ2v) is 11.2. The van der Waals surface area contributed by atoms with E-state index in [4.69, 9.17) is 8.85 Å². The Bertz CT molecular complexity index is 234. The fourth-order valence-electron chi connectivity index (χ4n) is 1.19. The molecule has 0 fully saturated rings. The van der Waals surface area contributed by atoms with Gasteiger partial charge in [-0.1, -0.05) is 27.2 Å². The Kier molecular flexibility index (Phi) is 7.27. The zero-order valence-corrected chi connectivity index (χ0v) is 15.3. The predicted octanol–water partition coefficient (Wildman–Crippen LogP) is 2.39. The number of rotatable bonds is 7. The molecule has 0 aromatic carbocycles. The van der Waals surface area contributed by atoms with Crippen LogP contribution in [0.2, 0.25) is 18.1 Å². The average Bonchev–Trinajstić information content (AvgIpc) is 2.21.